The summed E-state index contributed by atoms with van der Waals surface area (Å²) in [5.41, 5.74) is 0.372. The Labute approximate surface area is 127 Å². The van der Waals surface area contributed by atoms with Gasteiger partial charge >= 0.3 is 0 Å². The highest BCUT2D eigenvalue weighted by atomic mass is 32.2. The number of nitrogens with zero attached hydrogens (tertiary/aromatic N) is 2. The third-order valence-electron chi connectivity index (χ3n) is 3.33. The maximum Gasteiger partial charge on any atom is 0.264 e. The van der Waals surface area contributed by atoms with E-state index in [0.29, 0.717) is 17.4 Å². The number of carbonyl (C=O) groups is 1. The lowest BCUT2D eigenvalue weighted by molar-refractivity contribution is -0.119. The van der Waals surface area contributed by atoms with Crippen LogP contribution in [0.2, 0.25) is 0 Å². The second-order valence-corrected chi connectivity index (χ2v) is 6.68. The van der Waals surface area contributed by atoms with Gasteiger partial charge in [0, 0.05) is 13.0 Å². The minimum absolute atomic E-state index is 0.0956. The summed E-state index contributed by atoms with van der Waals surface area (Å²) in [4.78, 5) is 17.7. The topological polar surface area (TPSA) is 32.7 Å². The first kappa shape index (κ1) is 15.9. The first-order valence-corrected chi connectivity index (χ1v) is 7.67. The van der Waals surface area contributed by atoms with Crippen molar-refractivity contribution < 1.29 is 13.6 Å². The zero-order valence-corrected chi connectivity index (χ0v) is 13.1. The number of amidine groups is 1. The molecule has 1 aliphatic rings. The van der Waals surface area contributed by atoms with Crippen LogP contribution in [-0.2, 0) is 4.79 Å². The summed E-state index contributed by atoms with van der Waals surface area (Å²) in [6, 6.07) is 6.34. The van der Waals surface area contributed by atoms with Crippen molar-refractivity contribution >= 4 is 28.5 Å². The summed E-state index contributed by atoms with van der Waals surface area (Å²) in [5, 5.41) is 0.427. The maximum atomic E-state index is 13.9. The summed E-state index contributed by atoms with van der Waals surface area (Å²) in [5.74, 6) is -0.732. The van der Waals surface area contributed by atoms with Crippen LogP contribution in [0.1, 0.15) is 27.2 Å². The lowest BCUT2D eigenvalue weighted by Crippen LogP contribution is -2.32. The molecule has 2 atom stereocenters. The van der Waals surface area contributed by atoms with Gasteiger partial charge in [0.25, 0.3) is 5.91 Å². The van der Waals surface area contributed by atoms with E-state index in [4.69, 9.17) is 0 Å². The van der Waals surface area contributed by atoms with Gasteiger partial charge in [0.15, 0.2) is 5.17 Å². The van der Waals surface area contributed by atoms with Crippen molar-refractivity contribution in [2.24, 2.45) is 4.99 Å². The minimum atomic E-state index is -1.09. The van der Waals surface area contributed by atoms with Crippen molar-refractivity contribution in [2.75, 3.05) is 11.4 Å². The zero-order valence-electron chi connectivity index (χ0n) is 12.3. The van der Waals surface area contributed by atoms with Crippen LogP contribution in [0.5, 0.6) is 0 Å². The highest BCUT2D eigenvalue weighted by molar-refractivity contribution is 8.16. The molecule has 2 unspecified atom stereocenters. The molecule has 0 saturated carbocycles. The number of amides is 1. The number of anilines is 1. The van der Waals surface area contributed by atoms with Crippen LogP contribution in [0.25, 0.3) is 0 Å². The Kier molecular flexibility index (Phi) is 4.66. The van der Waals surface area contributed by atoms with Gasteiger partial charge in [0.1, 0.15) is 10.6 Å². The van der Waals surface area contributed by atoms with Crippen molar-refractivity contribution in [3.05, 3.63) is 30.1 Å². The van der Waals surface area contributed by atoms with Crippen molar-refractivity contribution in [3.63, 3.8) is 0 Å². The predicted octanol–water partition coefficient (Wildman–Crippen LogP) is 3.79. The van der Waals surface area contributed by atoms with Crippen LogP contribution in [0.15, 0.2) is 29.3 Å². The molecule has 114 valence electrons. The number of rotatable bonds is 4. The van der Waals surface area contributed by atoms with Crippen LogP contribution in [-0.4, -0.2) is 28.5 Å². The number of hydrogen-bond acceptors (Lipinski definition) is 3. The molecule has 0 aromatic heterocycles. The molecular weight excluding hydrogens is 294 g/mol. The molecule has 0 spiro atoms. The van der Waals surface area contributed by atoms with Crippen LogP contribution in [0.4, 0.5) is 14.5 Å². The number of halogens is 2. The van der Waals surface area contributed by atoms with E-state index in [1.165, 1.54) is 24.8 Å². The van der Waals surface area contributed by atoms with Gasteiger partial charge in [-0.05, 0) is 32.9 Å². The van der Waals surface area contributed by atoms with E-state index in [1.54, 1.807) is 30.0 Å². The SMILES string of the molecule is CCN(C1=NC(=O)C(C)(CC(C)F)S1)c1ccccc1F. The number of aliphatic imine (C=N–C) groups is 1. The molecule has 1 aromatic rings. The molecule has 2 rings (SSSR count). The average Bonchev–Trinajstić information content (AvgIpc) is 2.67. The highest BCUT2D eigenvalue weighted by Crippen LogP contribution is 2.40. The monoisotopic (exact) mass is 312 g/mol. The van der Waals surface area contributed by atoms with E-state index >= 15 is 0 Å². The largest absolute Gasteiger partial charge is 0.318 e. The normalized spacial score (nSPS) is 23.1. The quantitative estimate of drug-likeness (QED) is 0.848. The fourth-order valence-electron chi connectivity index (χ4n) is 2.33. The molecule has 0 fully saturated rings. The molecule has 0 N–H and O–H groups in total. The van der Waals surface area contributed by atoms with Crippen molar-refractivity contribution in [1.82, 2.24) is 0 Å². The molecule has 1 heterocycles. The van der Waals surface area contributed by atoms with Gasteiger partial charge < -0.3 is 4.90 Å². The zero-order chi connectivity index (χ0) is 15.6. The number of hydrogen-bond donors (Lipinski definition) is 0. The third kappa shape index (κ3) is 3.26. The first-order chi connectivity index (χ1) is 9.87. The summed E-state index contributed by atoms with van der Waals surface area (Å²) < 4.78 is 26.3. The number of benzene rings is 1. The fourth-order valence-corrected chi connectivity index (χ4v) is 3.65. The van der Waals surface area contributed by atoms with E-state index in [9.17, 15) is 13.6 Å². The van der Waals surface area contributed by atoms with Crippen LogP contribution >= 0.6 is 11.8 Å². The van der Waals surface area contributed by atoms with E-state index in [2.05, 4.69) is 4.99 Å². The third-order valence-corrected chi connectivity index (χ3v) is 4.61. The van der Waals surface area contributed by atoms with Crippen LogP contribution in [0.3, 0.4) is 0 Å². The second kappa shape index (κ2) is 6.13. The fraction of sp³-hybridized carbons (Fsp3) is 0.467. The molecule has 21 heavy (non-hydrogen) atoms. The van der Waals surface area contributed by atoms with Crippen molar-refractivity contribution in [2.45, 2.75) is 38.1 Å². The Balaban J connectivity index is 2.28. The lowest BCUT2D eigenvalue weighted by atomic mass is 10.0. The Morgan fingerprint density at radius 2 is 2.10 bits per heavy atom. The van der Waals surface area contributed by atoms with Gasteiger partial charge in [-0.25, -0.2) is 8.78 Å². The summed E-state index contributed by atoms with van der Waals surface area (Å²) in [6.07, 6.45) is -0.997. The van der Waals surface area contributed by atoms with Gasteiger partial charge in [0.05, 0.1) is 11.9 Å². The smallest absolute Gasteiger partial charge is 0.264 e. The molecule has 6 heteroatoms. The molecule has 0 aliphatic carbocycles. The number of alkyl halides is 1. The molecule has 3 nitrogen and oxygen atoms in total. The van der Waals surface area contributed by atoms with Crippen LogP contribution < -0.4 is 4.90 Å². The second-order valence-electron chi connectivity index (χ2n) is 5.21. The van der Waals surface area contributed by atoms with Gasteiger partial charge in [-0.15, -0.1) is 0 Å². The molecule has 0 radical (unpaired) electrons. The standard InChI is InChI=1S/C15H18F2N2OS/c1-4-19(12-8-6-5-7-11(12)17)14-18-13(20)15(3,21-14)9-10(2)16/h5-8,10H,4,9H2,1-3H3. The molecule has 1 aromatic carbocycles. The van der Waals surface area contributed by atoms with E-state index < -0.39 is 10.9 Å². The Bertz CT molecular complexity index is 577. The Morgan fingerprint density at radius 1 is 1.43 bits per heavy atom. The van der Waals surface area contributed by atoms with E-state index in [-0.39, 0.29) is 18.1 Å². The molecule has 0 saturated heterocycles. The van der Waals surface area contributed by atoms with Gasteiger partial charge in [0.2, 0.25) is 0 Å². The van der Waals surface area contributed by atoms with Crippen molar-refractivity contribution in [1.29, 1.82) is 0 Å². The van der Waals surface area contributed by atoms with Crippen molar-refractivity contribution in [3.8, 4) is 0 Å². The number of thioether (sulfide) groups is 1. The maximum absolute atomic E-state index is 13.9. The average molecular weight is 312 g/mol. The number of carbonyl (C=O) groups excluding carboxylic acids is 1. The van der Waals surface area contributed by atoms with Gasteiger partial charge in [-0.3, -0.25) is 4.79 Å². The first-order valence-electron chi connectivity index (χ1n) is 6.85. The Morgan fingerprint density at radius 3 is 2.67 bits per heavy atom. The Hall–Kier alpha value is -1.43. The molecular formula is C15H18F2N2OS. The van der Waals surface area contributed by atoms with Gasteiger partial charge in [-0.2, -0.15) is 4.99 Å². The lowest BCUT2D eigenvalue weighted by Gasteiger charge is -2.25. The molecule has 1 aliphatic heterocycles. The molecule has 1 amide bonds. The summed E-state index contributed by atoms with van der Waals surface area (Å²) in [7, 11) is 0. The van der Waals surface area contributed by atoms with E-state index in [1.807, 2.05) is 6.92 Å². The number of para-hydroxylation sites is 1. The predicted molar refractivity (Wildman–Crippen MR) is 83.0 cm³/mol. The minimum Gasteiger partial charge on any atom is -0.318 e. The summed E-state index contributed by atoms with van der Waals surface area (Å²) >= 11 is 1.21. The van der Waals surface area contributed by atoms with Gasteiger partial charge in [-0.1, -0.05) is 23.9 Å². The van der Waals surface area contributed by atoms with Crippen LogP contribution in [0, 0.1) is 5.82 Å². The highest BCUT2D eigenvalue weighted by Gasteiger charge is 2.43. The molecule has 0 bridgehead atoms. The summed E-state index contributed by atoms with van der Waals surface area (Å²) in [6.45, 7) is 5.43. The van der Waals surface area contributed by atoms with E-state index in [0.717, 1.165) is 0 Å².